The Hall–Kier alpha value is -3.21. The molecular formula is C24H21NO4. The van der Waals surface area contributed by atoms with E-state index >= 15 is 0 Å². The smallest absolute Gasteiger partial charge is 0.343 e. The molecular weight excluding hydrogens is 366 g/mol. The molecule has 0 radical (unpaired) electrons. The van der Waals surface area contributed by atoms with E-state index in [9.17, 15) is 14.4 Å². The first-order valence-electron chi connectivity index (χ1n) is 9.90. The molecule has 29 heavy (non-hydrogen) atoms. The van der Waals surface area contributed by atoms with E-state index in [0.29, 0.717) is 17.0 Å². The summed E-state index contributed by atoms with van der Waals surface area (Å²) in [4.78, 5) is 39.7. The van der Waals surface area contributed by atoms with Gasteiger partial charge in [-0.3, -0.25) is 14.5 Å². The van der Waals surface area contributed by atoms with E-state index in [1.54, 1.807) is 24.3 Å². The number of hydrogen-bond donors (Lipinski definition) is 0. The zero-order chi connectivity index (χ0) is 20.3. The van der Waals surface area contributed by atoms with Crippen LogP contribution in [0.3, 0.4) is 0 Å². The maximum Gasteiger partial charge on any atom is 0.343 e. The Morgan fingerprint density at radius 1 is 0.897 bits per heavy atom. The summed E-state index contributed by atoms with van der Waals surface area (Å²) in [6.07, 6.45) is 5.06. The Bertz CT molecular complexity index is 1020. The maximum atomic E-state index is 12.9. The topological polar surface area (TPSA) is 63.7 Å². The van der Waals surface area contributed by atoms with E-state index in [2.05, 4.69) is 12.2 Å². The van der Waals surface area contributed by atoms with E-state index in [0.717, 1.165) is 17.5 Å². The van der Waals surface area contributed by atoms with Gasteiger partial charge in [0.1, 0.15) is 5.75 Å². The number of carbonyl (C=O) groups is 3. The first kappa shape index (κ1) is 17.9. The number of hydrogen-bond acceptors (Lipinski definition) is 4. The largest absolute Gasteiger partial charge is 0.422 e. The Labute approximate surface area is 169 Å². The molecule has 2 aromatic carbocycles. The molecule has 0 unspecified atom stereocenters. The second kappa shape index (κ2) is 6.41. The van der Waals surface area contributed by atoms with Crippen molar-refractivity contribution in [3.63, 3.8) is 0 Å². The highest BCUT2D eigenvalue weighted by molar-refractivity contribution is 6.22. The molecule has 2 aromatic rings. The van der Waals surface area contributed by atoms with Crippen molar-refractivity contribution >= 4 is 23.5 Å². The summed E-state index contributed by atoms with van der Waals surface area (Å²) in [5.74, 6) is -0.256. The van der Waals surface area contributed by atoms with E-state index in [1.807, 2.05) is 32.0 Å². The van der Waals surface area contributed by atoms with Crippen molar-refractivity contribution in [1.82, 2.24) is 0 Å². The lowest BCUT2D eigenvalue weighted by Gasteiger charge is -2.17. The van der Waals surface area contributed by atoms with Gasteiger partial charge in [-0.15, -0.1) is 0 Å². The summed E-state index contributed by atoms with van der Waals surface area (Å²) >= 11 is 0. The molecule has 2 aliphatic carbocycles. The summed E-state index contributed by atoms with van der Waals surface area (Å²) in [5.41, 5.74) is 2.66. The molecule has 5 heteroatoms. The van der Waals surface area contributed by atoms with Crippen LogP contribution in [-0.2, 0) is 9.59 Å². The molecule has 0 aromatic heterocycles. The number of benzene rings is 2. The lowest BCUT2D eigenvalue weighted by Crippen LogP contribution is -2.32. The molecule has 1 heterocycles. The van der Waals surface area contributed by atoms with E-state index in [-0.39, 0.29) is 35.5 Å². The fourth-order valence-electron chi connectivity index (χ4n) is 5.02. The van der Waals surface area contributed by atoms with Gasteiger partial charge in [-0.2, -0.15) is 0 Å². The van der Waals surface area contributed by atoms with Gasteiger partial charge in [0.15, 0.2) is 0 Å². The van der Waals surface area contributed by atoms with Crippen LogP contribution in [0.25, 0.3) is 0 Å². The van der Waals surface area contributed by atoms with Gasteiger partial charge in [0.2, 0.25) is 11.8 Å². The Balaban J connectivity index is 1.36. The number of fused-ring (bicyclic) bond motifs is 5. The van der Waals surface area contributed by atoms with Gasteiger partial charge < -0.3 is 4.74 Å². The quantitative estimate of drug-likeness (QED) is 0.347. The van der Waals surface area contributed by atoms with E-state index < -0.39 is 5.97 Å². The zero-order valence-electron chi connectivity index (χ0n) is 16.3. The van der Waals surface area contributed by atoms with Gasteiger partial charge in [0.25, 0.3) is 0 Å². The molecule has 1 aliphatic heterocycles. The number of imide groups is 1. The highest BCUT2D eigenvalue weighted by Crippen LogP contribution is 2.53. The van der Waals surface area contributed by atoms with Gasteiger partial charge in [-0.25, -0.2) is 4.79 Å². The van der Waals surface area contributed by atoms with Crippen LogP contribution >= 0.6 is 0 Å². The fourth-order valence-corrected chi connectivity index (χ4v) is 5.02. The Morgan fingerprint density at radius 3 is 2.00 bits per heavy atom. The van der Waals surface area contributed by atoms with Crippen molar-refractivity contribution in [3.05, 3.63) is 71.3 Å². The lowest BCUT2D eigenvalue weighted by atomic mass is 9.85. The van der Waals surface area contributed by atoms with Crippen LogP contribution < -0.4 is 9.64 Å². The molecule has 0 spiro atoms. The molecule has 5 rings (SSSR count). The summed E-state index contributed by atoms with van der Waals surface area (Å²) in [7, 11) is 0. The minimum absolute atomic E-state index is 0.122. The van der Waals surface area contributed by atoms with E-state index in [1.165, 1.54) is 4.90 Å². The highest BCUT2D eigenvalue weighted by Gasteiger charge is 2.59. The van der Waals surface area contributed by atoms with Crippen molar-refractivity contribution in [2.75, 3.05) is 4.90 Å². The van der Waals surface area contributed by atoms with Gasteiger partial charge in [-0.1, -0.05) is 30.4 Å². The third-order valence-corrected chi connectivity index (χ3v) is 6.44. The summed E-state index contributed by atoms with van der Waals surface area (Å²) < 4.78 is 5.57. The SMILES string of the molecule is Cc1cccc(C)c1OC(=O)c1ccc(N2C(=O)[C@H]3[C@H](C2=O)[C@H]2C=C[C@H]3C2)cc1. The monoisotopic (exact) mass is 387 g/mol. The maximum absolute atomic E-state index is 12.9. The summed E-state index contributed by atoms with van der Waals surface area (Å²) in [6, 6.07) is 12.2. The number of anilines is 1. The third kappa shape index (κ3) is 2.64. The predicted octanol–water partition coefficient (Wildman–Crippen LogP) is 3.83. The molecule has 3 aliphatic rings. The average molecular weight is 387 g/mol. The minimum atomic E-state index is -0.466. The molecule has 4 atom stereocenters. The Kier molecular flexibility index (Phi) is 3.95. The van der Waals surface area contributed by atoms with Crippen LogP contribution in [-0.4, -0.2) is 17.8 Å². The summed E-state index contributed by atoms with van der Waals surface area (Å²) in [6.45, 7) is 3.78. The van der Waals surface area contributed by atoms with Crippen LogP contribution in [0.4, 0.5) is 5.69 Å². The number of para-hydroxylation sites is 1. The number of nitrogens with zero attached hydrogens (tertiary/aromatic N) is 1. The molecule has 2 amide bonds. The number of amides is 2. The number of ether oxygens (including phenoxy) is 1. The number of esters is 1. The first-order chi connectivity index (χ1) is 14.0. The van der Waals surface area contributed by atoms with Crippen molar-refractivity contribution in [3.8, 4) is 5.75 Å². The zero-order valence-corrected chi connectivity index (χ0v) is 16.3. The highest BCUT2D eigenvalue weighted by atomic mass is 16.5. The van der Waals surface area contributed by atoms with Gasteiger partial charge in [-0.05, 0) is 67.5 Å². The number of carbonyl (C=O) groups excluding carboxylic acids is 3. The summed E-state index contributed by atoms with van der Waals surface area (Å²) in [5, 5.41) is 0. The number of aryl methyl sites for hydroxylation is 2. The van der Waals surface area contributed by atoms with Crippen molar-refractivity contribution in [2.45, 2.75) is 20.3 Å². The minimum Gasteiger partial charge on any atom is -0.422 e. The average Bonchev–Trinajstić information content (AvgIpc) is 3.39. The van der Waals surface area contributed by atoms with Crippen molar-refractivity contribution < 1.29 is 19.1 Å². The van der Waals surface area contributed by atoms with Crippen LogP contribution in [0.15, 0.2) is 54.6 Å². The van der Waals surface area contributed by atoms with Crippen LogP contribution in [0.5, 0.6) is 5.75 Å². The Morgan fingerprint density at radius 2 is 1.45 bits per heavy atom. The van der Waals surface area contributed by atoms with Gasteiger partial charge >= 0.3 is 5.97 Å². The van der Waals surface area contributed by atoms with Crippen LogP contribution in [0, 0.1) is 37.5 Å². The van der Waals surface area contributed by atoms with E-state index in [4.69, 9.17) is 4.74 Å². The third-order valence-electron chi connectivity index (χ3n) is 6.44. The normalized spacial score (nSPS) is 26.9. The first-order valence-corrected chi connectivity index (χ1v) is 9.90. The van der Waals surface area contributed by atoms with Crippen LogP contribution in [0.2, 0.25) is 0 Å². The molecule has 146 valence electrons. The van der Waals surface area contributed by atoms with Gasteiger partial charge in [0, 0.05) is 0 Å². The van der Waals surface area contributed by atoms with Crippen molar-refractivity contribution in [1.29, 1.82) is 0 Å². The molecule has 2 bridgehead atoms. The standard InChI is InChI=1S/C24H21NO4/c1-13-4-3-5-14(2)21(13)29-24(28)15-8-10-18(11-9-15)25-22(26)19-16-6-7-17(12-16)20(19)23(25)27/h3-11,16-17,19-20H,12H2,1-2H3/t16-,17-,19+,20+/m0/s1. The fraction of sp³-hybridized carbons (Fsp3) is 0.292. The molecule has 0 N–H and O–H groups in total. The van der Waals surface area contributed by atoms with Crippen LogP contribution in [0.1, 0.15) is 27.9 Å². The molecule has 1 saturated carbocycles. The molecule has 2 fully saturated rings. The number of allylic oxidation sites excluding steroid dienone is 2. The lowest BCUT2D eigenvalue weighted by molar-refractivity contribution is -0.123. The second-order valence-electron chi connectivity index (χ2n) is 8.17. The van der Waals surface area contributed by atoms with Gasteiger partial charge in [0.05, 0.1) is 23.1 Å². The second-order valence-corrected chi connectivity index (χ2v) is 8.17. The predicted molar refractivity (Wildman–Crippen MR) is 108 cm³/mol. The molecule has 1 saturated heterocycles. The van der Waals surface area contributed by atoms with Crippen molar-refractivity contribution in [2.24, 2.45) is 23.7 Å². The molecule has 5 nitrogen and oxygen atoms in total. The number of rotatable bonds is 3.